The second-order valence-electron chi connectivity index (χ2n) is 17.0. The monoisotopic (exact) mass is 913 g/mol. The van der Waals surface area contributed by atoms with Crippen LogP contribution >= 0.6 is 0 Å². The van der Waals surface area contributed by atoms with E-state index in [1.807, 2.05) is 0 Å². The predicted octanol–water partition coefficient (Wildman–Crippen LogP) is 17.7. The number of ether oxygens (including phenoxy) is 3. The van der Waals surface area contributed by atoms with Crippen molar-refractivity contribution in [3.8, 4) is 0 Å². The van der Waals surface area contributed by atoms with Gasteiger partial charge < -0.3 is 14.2 Å². The average molecular weight is 913 g/mol. The van der Waals surface area contributed by atoms with E-state index in [-0.39, 0.29) is 31.1 Å². The Balaban J connectivity index is 4.51. The van der Waals surface area contributed by atoms with Gasteiger partial charge in [0.1, 0.15) is 13.2 Å². The summed E-state index contributed by atoms with van der Waals surface area (Å²) >= 11 is 0. The molecule has 372 valence electrons. The lowest BCUT2D eigenvalue weighted by Gasteiger charge is -2.18. The third kappa shape index (κ3) is 50.8. The van der Waals surface area contributed by atoms with E-state index in [0.717, 1.165) is 128 Å². The number of hydrogen-bond acceptors (Lipinski definition) is 6. The molecule has 0 aliphatic heterocycles. The fourth-order valence-corrected chi connectivity index (χ4v) is 6.75. The zero-order valence-corrected chi connectivity index (χ0v) is 42.4. The smallest absolute Gasteiger partial charge is 0.306 e. The van der Waals surface area contributed by atoms with Crippen molar-refractivity contribution in [2.24, 2.45) is 0 Å². The van der Waals surface area contributed by atoms with E-state index >= 15 is 0 Å². The molecule has 0 aromatic rings. The van der Waals surface area contributed by atoms with Gasteiger partial charge in [0, 0.05) is 19.3 Å². The molecule has 0 aliphatic rings. The normalized spacial score (nSPS) is 13.1. The highest BCUT2D eigenvalue weighted by Crippen LogP contribution is 2.12. The Labute approximate surface area is 405 Å². The Kier molecular flexibility index (Phi) is 50.0. The van der Waals surface area contributed by atoms with Crippen LogP contribution < -0.4 is 0 Å². The van der Waals surface area contributed by atoms with E-state index in [1.54, 1.807) is 0 Å². The van der Waals surface area contributed by atoms with Crippen LogP contribution in [0.2, 0.25) is 0 Å². The Morgan fingerprint density at radius 2 is 0.591 bits per heavy atom. The number of esters is 3. The van der Waals surface area contributed by atoms with Crippen molar-refractivity contribution in [1.82, 2.24) is 0 Å². The molecule has 0 saturated heterocycles. The molecule has 0 amide bonds. The molecule has 1 atom stereocenters. The summed E-state index contributed by atoms with van der Waals surface area (Å²) in [5.74, 6) is -1.00. The molecule has 0 aliphatic carbocycles. The van der Waals surface area contributed by atoms with E-state index in [0.29, 0.717) is 25.7 Å². The minimum Gasteiger partial charge on any atom is -0.462 e. The molecule has 0 bridgehead atoms. The first-order chi connectivity index (χ1) is 32.5. The number of allylic oxidation sites excluding steroid dienone is 20. The molecule has 0 aromatic heterocycles. The standard InChI is InChI=1S/C60H96O6/c1-4-7-10-13-16-19-22-25-27-28-29-30-31-32-33-36-38-41-44-47-50-53-59(62)65-56-57(55-64-58(61)52-49-46-43-40-37-34-24-21-18-15-12-9-6-3)66-60(63)54-51-48-45-42-39-35-26-23-20-17-14-11-8-5-2/h7,9-10,12,16,18-19,21,23,25-27,29-30,32-34,37-38,41,57H,4-6,8,11,13-15,17,20,22,24,28,31,35-36,39-40,42-56H2,1-3H3/b10-7-,12-9-,19-16-,21-18-,26-23-,27-25-,30-29-,33-32-,37-34-,41-38-. The van der Waals surface area contributed by atoms with Crippen LogP contribution in [0, 0.1) is 0 Å². The zero-order chi connectivity index (χ0) is 47.9. The molecule has 6 nitrogen and oxygen atoms in total. The third-order valence-corrected chi connectivity index (χ3v) is 10.7. The van der Waals surface area contributed by atoms with E-state index in [9.17, 15) is 14.4 Å². The Hall–Kier alpha value is -4.19. The van der Waals surface area contributed by atoms with E-state index < -0.39 is 6.10 Å². The van der Waals surface area contributed by atoms with Gasteiger partial charge in [-0.25, -0.2) is 0 Å². The van der Waals surface area contributed by atoms with Gasteiger partial charge in [0.05, 0.1) is 0 Å². The van der Waals surface area contributed by atoms with E-state index in [2.05, 4.69) is 142 Å². The maximum Gasteiger partial charge on any atom is 0.306 e. The highest BCUT2D eigenvalue weighted by Gasteiger charge is 2.19. The van der Waals surface area contributed by atoms with Gasteiger partial charge in [0.25, 0.3) is 0 Å². The first-order valence-electron chi connectivity index (χ1n) is 26.5. The second-order valence-corrected chi connectivity index (χ2v) is 17.0. The van der Waals surface area contributed by atoms with Gasteiger partial charge >= 0.3 is 17.9 Å². The van der Waals surface area contributed by atoms with Crippen molar-refractivity contribution in [1.29, 1.82) is 0 Å². The summed E-state index contributed by atoms with van der Waals surface area (Å²) in [5.41, 5.74) is 0. The van der Waals surface area contributed by atoms with Crippen molar-refractivity contribution in [3.05, 3.63) is 122 Å². The lowest BCUT2D eigenvalue weighted by atomic mass is 10.1. The molecule has 66 heavy (non-hydrogen) atoms. The van der Waals surface area contributed by atoms with E-state index in [4.69, 9.17) is 14.2 Å². The summed E-state index contributed by atoms with van der Waals surface area (Å²) in [7, 11) is 0. The number of rotatable bonds is 46. The largest absolute Gasteiger partial charge is 0.462 e. The van der Waals surface area contributed by atoms with Crippen LogP contribution in [0.3, 0.4) is 0 Å². The van der Waals surface area contributed by atoms with Crippen molar-refractivity contribution in [2.75, 3.05) is 13.2 Å². The summed E-state index contributed by atoms with van der Waals surface area (Å²) in [6.07, 6.45) is 73.3. The van der Waals surface area contributed by atoms with Crippen molar-refractivity contribution in [3.63, 3.8) is 0 Å². The second kappa shape index (κ2) is 53.4. The van der Waals surface area contributed by atoms with Crippen LogP contribution in [0.25, 0.3) is 0 Å². The average Bonchev–Trinajstić information content (AvgIpc) is 3.31. The molecule has 0 radical (unpaired) electrons. The Morgan fingerprint density at radius 3 is 0.985 bits per heavy atom. The summed E-state index contributed by atoms with van der Waals surface area (Å²) in [6, 6.07) is 0. The summed E-state index contributed by atoms with van der Waals surface area (Å²) in [4.78, 5) is 38.0. The highest BCUT2D eigenvalue weighted by atomic mass is 16.6. The molecule has 0 spiro atoms. The molecule has 0 rings (SSSR count). The third-order valence-electron chi connectivity index (χ3n) is 10.7. The molecule has 0 saturated carbocycles. The first-order valence-corrected chi connectivity index (χ1v) is 26.5. The van der Waals surface area contributed by atoms with E-state index in [1.165, 1.54) is 44.9 Å². The molecule has 0 heterocycles. The molecule has 0 aromatic carbocycles. The van der Waals surface area contributed by atoms with Gasteiger partial charge in [-0.1, -0.05) is 194 Å². The van der Waals surface area contributed by atoms with Gasteiger partial charge in [-0.2, -0.15) is 0 Å². The minimum absolute atomic E-state index is 0.114. The lowest BCUT2D eigenvalue weighted by Crippen LogP contribution is -2.30. The maximum atomic E-state index is 12.8. The minimum atomic E-state index is -0.815. The van der Waals surface area contributed by atoms with Crippen molar-refractivity contribution < 1.29 is 28.6 Å². The highest BCUT2D eigenvalue weighted by molar-refractivity contribution is 5.71. The first kappa shape index (κ1) is 61.8. The van der Waals surface area contributed by atoms with Gasteiger partial charge in [-0.05, 0) is 128 Å². The van der Waals surface area contributed by atoms with Crippen LogP contribution in [-0.2, 0) is 28.6 Å². The lowest BCUT2D eigenvalue weighted by molar-refractivity contribution is -0.167. The number of carbonyl (C=O) groups is 3. The quantitative estimate of drug-likeness (QED) is 0.0262. The van der Waals surface area contributed by atoms with Gasteiger partial charge in [-0.15, -0.1) is 0 Å². The van der Waals surface area contributed by atoms with Gasteiger partial charge in [-0.3, -0.25) is 14.4 Å². The maximum absolute atomic E-state index is 12.8. The summed E-state index contributed by atoms with van der Waals surface area (Å²) in [6.45, 7) is 6.31. The molecule has 0 fully saturated rings. The predicted molar refractivity (Wildman–Crippen MR) is 283 cm³/mol. The Morgan fingerprint density at radius 1 is 0.318 bits per heavy atom. The fourth-order valence-electron chi connectivity index (χ4n) is 6.75. The van der Waals surface area contributed by atoms with Crippen LogP contribution in [-0.4, -0.2) is 37.2 Å². The van der Waals surface area contributed by atoms with Crippen molar-refractivity contribution in [2.45, 2.75) is 226 Å². The molecular formula is C60H96O6. The zero-order valence-electron chi connectivity index (χ0n) is 42.4. The van der Waals surface area contributed by atoms with Crippen LogP contribution in [0.15, 0.2) is 122 Å². The topological polar surface area (TPSA) is 78.9 Å². The molecular weight excluding hydrogens is 817 g/mol. The Bertz CT molecular complexity index is 1420. The molecule has 1 unspecified atom stereocenters. The van der Waals surface area contributed by atoms with Gasteiger partial charge in [0.2, 0.25) is 0 Å². The SMILES string of the molecule is CC/C=C\C/C=C\C/C=C\C/C=C\C/C=C\C/C=C\CCCCC(=O)OCC(COC(=O)CCCCC/C=C\C/C=C\C/C=C\CC)OC(=O)CCCCCCC/C=C\CCCCCCC. The summed E-state index contributed by atoms with van der Waals surface area (Å²) in [5, 5.41) is 0. The molecule has 0 N–H and O–H groups in total. The number of carbonyl (C=O) groups excluding carboxylic acids is 3. The van der Waals surface area contributed by atoms with Crippen LogP contribution in [0.4, 0.5) is 0 Å². The van der Waals surface area contributed by atoms with Gasteiger partial charge in [0.15, 0.2) is 6.10 Å². The number of unbranched alkanes of at least 4 members (excludes halogenated alkanes) is 15. The van der Waals surface area contributed by atoms with Crippen molar-refractivity contribution >= 4 is 17.9 Å². The van der Waals surface area contributed by atoms with Crippen LogP contribution in [0.5, 0.6) is 0 Å². The summed E-state index contributed by atoms with van der Waals surface area (Å²) < 4.78 is 16.7. The molecule has 6 heteroatoms. The number of hydrogen-bond donors (Lipinski definition) is 0. The van der Waals surface area contributed by atoms with Crippen LogP contribution in [0.1, 0.15) is 220 Å². The fraction of sp³-hybridized carbons (Fsp3) is 0.617.